The minimum Gasteiger partial charge on any atom is -0.143 e. The molecular weight excluding hydrogens is 152 g/mol. The molecule has 0 aliphatic heterocycles. The van der Waals surface area contributed by atoms with Gasteiger partial charge >= 0.3 is 0 Å². The second kappa shape index (κ2) is 2.63. The Morgan fingerprint density at radius 1 is 1.44 bits per heavy atom. The van der Waals surface area contributed by atoms with Crippen LogP contribution in [0.5, 0.6) is 0 Å². The molecule has 0 unspecified atom stereocenters. The Balaban J connectivity index is 3.17. The minimum absolute atomic E-state index is 0.799. The summed E-state index contributed by atoms with van der Waals surface area (Å²) >= 11 is 9.89. The molecule has 0 aliphatic carbocycles. The molecular formula is C7H7ClS. The first kappa shape index (κ1) is 6.97. The number of hydrogen-bond acceptors (Lipinski definition) is 1. The summed E-state index contributed by atoms with van der Waals surface area (Å²) in [6.45, 7) is 1.96. The van der Waals surface area contributed by atoms with Crippen LogP contribution in [0.3, 0.4) is 0 Å². The highest BCUT2D eigenvalue weighted by Crippen LogP contribution is 2.17. The maximum atomic E-state index is 5.75. The molecule has 0 N–H and O–H groups in total. The number of rotatable bonds is 0. The summed E-state index contributed by atoms with van der Waals surface area (Å²) in [4.78, 5) is 0.955. The van der Waals surface area contributed by atoms with E-state index in [1.54, 1.807) is 0 Å². The van der Waals surface area contributed by atoms with Crippen LogP contribution in [0.2, 0.25) is 5.02 Å². The van der Waals surface area contributed by atoms with Crippen LogP contribution >= 0.6 is 24.2 Å². The van der Waals surface area contributed by atoms with Gasteiger partial charge in [-0.05, 0) is 30.7 Å². The third-order valence-electron chi connectivity index (χ3n) is 1.14. The molecule has 0 spiro atoms. The molecule has 0 atom stereocenters. The molecule has 0 amide bonds. The van der Waals surface area contributed by atoms with Crippen LogP contribution < -0.4 is 0 Å². The minimum atomic E-state index is 0.799. The van der Waals surface area contributed by atoms with Crippen LogP contribution in [-0.2, 0) is 0 Å². The van der Waals surface area contributed by atoms with Gasteiger partial charge in [0.15, 0.2) is 0 Å². The Bertz CT molecular complexity index is 220. The standard InChI is InChI=1S/C7H7ClS/c1-5-4-6(9)2-3-7(5)8/h2-4,9H,1H3. The number of benzene rings is 1. The van der Waals surface area contributed by atoms with E-state index in [0.717, 1.165) is 15.5 Å². The first-order valence-electron chi connectivity index (χ1n) is 2.65. The molecule has 0 saturated heterocycles. The van der Waals surface area contributed by atoms with Gasteiger partial charge in [-0.1, -0.05) is 11.6 Å². The van der Waals surface area contributed by atoms with Crippen molar-refractivity contribution in [2.75, 3.05) is 0 Å². The second-order valence-electron chi connectivity index (χ2n) is 1.93. The van der Waals surface area contributed by atoms with Crippen molar-refractivity contribution < 1.29 is 0 Å². The summed E-state index contributed by atoms with van der Waals surface area (Å²) in [5.74, 6) is 0. The molecule has 9 heavy (non-hydrogen) atoms. The SMILES string of the molecule is Cc1cc(S)ccc1Cl. The zero-order valence-corrected chi connectivity index (χ0v) is 6.71. The lowest BCUT2D eigenvalue weighted by Gasteiger charge is -1.95. The van der Waals surface area contributed by atoms with Gasteiger partial charge in [0.25, 0.3) is 0 Å². The Labute approximate surface area is 65.3 Å². The number of thiol groups is 1. The van der Waals surface area contributed by atoms with Crippen LogP contribution in [0, 0.1) is 6.92 Å². The Kier molecular flexibility index (Phi) is 2.04. The van der Waals surface area contributed by atoms with Gasteiger partial charge in [0.2, 0.25) is 0 Å². The monoisotopic (exact) mass is 158 g/mol. The zero-order chi connectivity index (χ0) is 6.85. The first-order valence-corrected chi connectivity index (χ1v) is 3.48. The van der Waals surface area contributed by atoms with Crippen molar-refractivity contribution >= 4 is 24.2 Å². The smallest absolute Gasteiger partial charge is 0.0435 e. The summed E-state index contributed by atoms with van der Waals surface area (Å²) in [5, 5.41) is 0.799. The number of halogens is 1. The van der Waals surface area contributed by atoms with Gasteiger partial charge < -0.3 is 0 Å². The lowest BCUT2D eigenvalue weighted by Crippen LogP contribution is -1.72. The van der Waals surface area contributed by atoms with Crippen LogP contribution in [-0.4, -0.2) is 0 Å². The third kappa shape index (κ3) is 1.63. The van der Waals surface area contributed by atoms with Crippen LogP contribution in [0.4, 0.5) is 0 Å². The lowest BCUT2D eigenvalue weighted by atomic mass is 10.2. The lowest BCUT2D eigenvalue weighted by molar-refractivity contribution is 1.37. The van der Waals surface area contributed by atoms with Crippen LogP contribution in [0.15, 0.2) is 23.1 Å². The fraction of sp³-hybridized carbons (Fsp3) is 0.143. The quantitative estimate of drug-likeness (QED) is 0.552. The van der Waals surface area contributed by atoms with E-state index in [4.69, 9.17) is 11.6 Å². The van der Waals surface area contributed by atoms with Crippen molar-refractivity contribution in [3.63, 3.8) is 0 Å². The van der Waals surface area contributed by atoms with E-state index in [9.17, 15) is 0 Å². The molecule has 2 heteroatoms. The normalized spacial score (nSPS) is 9.67. The highest BCUT2D eigenvalue weighted by Gasteiger charge is 1.91. The summed E-state index contributed by atoms with van der Waals surface area (Å²) < 4.78 is 0. The molecule has 48 valence electrons. The molecule has 1 aromatic rings. The molecule has 0 nitrogen and oxygen atoms in total. The molecule has 0 bridgehead atoms. The average Bonchev–Trinajstić information content (AvgIpc) is 1.80. The van der Waals surface area contributed by atoms with Gasteiger partial charge in [0.1, 0.15) is 0 Å². The summed E-state index contributed by atoms with van der Waals surface area (Å²) in [6.07, 6.45) is 0. The molecule has 0 fully saturated rings. The van der Waals surface area contributed by atoms with E-state index in [0.29, 0.717) is 0 Å². The first-order chi connectivity index (χ1) is 4.20. The highest BCUT2D eigenvalue weighted by atomic mass is 35.5. The van der Waals surface area contributed by atoms with Crippen molar-refractivity contribution in [2.45, 2.75) is 11.8 Å². The Morgan fingerprint density at radius 2 is 2.11 bits per heavy atom. The summed E-state index contributed by atoms with van der Waals surface area (Å²) in [7, 11) is 0. The van der Waals surface area contributed by atoms with Crippen molar-refractivity contribution in [2.24, 2.45) is 0 Å². The Hall–Kier alpha value is -0.140. The van der Waals surface area contributed by atoms with Gasteiger partial charge in [0.05, 0.1) is 0 Å². The van der Waals surface area contributed by atoms with Crippen molar-refractivity contribution in [3.8, 4) is 0 Å². The van der Waals surface area contributed by atoms with Gasteiger partial charge in [-0.25, -0.2) is 0 Å². The van der Waals surface area contributed by atoms with Crippen LogP contribution in [0.1, 0.15) is 5.56 Å². The predicted octanol–water partition coefficient (Wildman–Crippen LogP) is 2.94. The fourth-order valence-corrected chi connectivity index (χ4v) is 1.01. The summed E-state index contributed by atoms with van der Waals surface area (Å²) in [6, 6.07) is 5.66. The van der Waals surface area contributed by atoms with Gasteiger partial charge in [-0.3, -0.25) is 0 Å². The predicted molar refractivity (Wildman–Crippen MR) is 43.4 cm³/mol. The van der Waals surface area contributed by atoms with Gasteiger partial charge in [-0.15, -0.1) is 12.6 Å². The molecule has 0 heterocycles. The number of aryl methyl sites for hydroxylation is 1. The molecule has 0 aromatic heterocycles. The maximum Gasteiger partial charge on any atom is 0.0435 e. The van der Waals surface area contributed by atoms with Gasteiger partial charge in [-0.2, -0.15) is 0 Å². The highest BCUT2D eigenvalue weighted by molar-refractivity contribution is 7.80. The molecule has 0 radical (unpaired) electrons. The summed E-state index contributed by atoms with van der Waals surface area (Å²) in [5.41, 5.74) is 1.07. The van der Waals surface area contributed by atoms with Crippen molar-refractivity contribution in [1.82, 2.24) is 0 Å². The molecule has 1 aromatic carbocycles. The van der Waals surface area contributed by atoms with Crippen LogP contribution in [0.25, 0.3) is 0 Å². The van der Waals surface area contributed by atoms with Crippen molar-refractivity contribution in [1.29, 1.82) is 0 Å². The van der Waals surface area contributed by atoms with E-state index in [1.165, 1.54) is 0 Å². The zero-order valence-electron chi connectivity index (χ0n) is 5.06. The topological polar surface area (TPSA) is 0 Å². The third-order valence-corrected chi connectivity index (χ3v) is 1.84. The second-order valence-corrected chi connectivity index (χ2v) is 2.86. The van der Waals surface area contributed by atoms with Crippen molar-refractivity contribution in [3.05, 3.63) is 28.8 Å². The fourth-order valence-electron chi connectivity index (χ4n) is 0.629. The molecule has 0 saturated carbocycles. The van der Waals surface area contributed by atoms with Gasteiger partial charge in [0, 0.05) is 9.92 Å². The van der Waals surface area contributed by atoms with E-state index >= 15 is 0 Å². The molecule has 1 rings (SSSR count). The average molecular weight is 159 g/mol. The van der Waals surface area contributed by atoms with E-state index in [1.807, 2.05) is 25.1 Å². The Morgan fingerprint density at radius 3 is 2.56 bits per heavy atom. The molecule has 0 aliphatic rings. The van der Waals surface area contributed by atoms with E-state index < -0.39 is 0 Å². The van der Waals surface area contributed by atoms with E-state index in [2.05, 4.69) is 12.6 Å². The maximum absolute atomic E-state index is 5.75. The number of hydrogen-bond donors (Lipinski definition) is 1. The van der Waals surface area contributed by atoms with E-state index in [-0.39, 0.29) is 0 Å². The largest absolute Gasteiger partial charge is 0.143 e.